The van der Waals surface area contributed by atoms with E-state index in [2.05, 4.69) is 4.74 Å². The number of amides is 1. The lowest BCUT2D eigenvalue weighted by molar-refractivity contribution is -0.137. The second-order valence-corrected chi connectivity index (χ2v) is 3.45. The Bertz CT molecular complexity index is 377. The molecule has 1 aromatic carbocycles. The minimum Gasteiger partial charge on any atom is -0.481 e. The number of nitrogens with zero attached hydrogens (tertiary/aromatic N) is 1. The molecule has 17 heavy (non-hydrogen) atoms. The van der Waals surface area contributed by atoms with E-state index in [1.807, 2.05) is 18.2 Å². The summed E-state index contributed by atoms with van der Waals surface area (Å²) in [5.74, 6) is -0.872. The van der Waals surface area contributed by atoms with Crippen LogP contribution in [0.2, 0.25) is 0 Å². The summed E-state index contributed by atoms with van der Waals surface area (Å²) in [6.45, 7) is 0.322. The van der Waals surface area contributed by atoms with Crippen molar-refractivity contribution in [1.82, 2.24) is 0 Å². The molecule has 0 aliphatic heterocycles. The Kier molecular flexibility index (Phi) is 5.00. The summed E-state index contributed by atoms with van der Waals surface area (Å²) in [6, 6.07) is 9.01. The van der Waals surface area contributed by atoms with Gasteiger partial charge in [0.15, 0.2) is 0 Å². The van der Waals surface area contributed by atoms with Crippen molar-refractivity contribution in [3.8, 4) is 0 Å². The molecular weight excluding hydrogens is 222 g/mol. The van der Waals surface area contributed by atoms with E-state index in [0.717, 1.165) is 0 Å². The lowest BCUT2D eigenvalue weighted by Gasteiger charge is -2.20. The molecule has 5 nitrogen and oxygen atoms in total. The number of anilines is 1. The first-order valence-corrected chi connectivity index (χ1v) is 5.27. The Labute approximate surface area is 99.6 Å². The molecule has 92 valence electrons. The number of aliphatic carboxylic acids is 1. The van der Waals surface area contributed by atoms with E-state index in [1.165, 1.54) is 12.0 Å². The molecule has 0 radical (unpaired) electrons. The molecule has 0 bridgehead atoms. The van der Waals surface area contributed by atoms with E-state index in [1.54, 1.807) is 12.1 Å². The SMILES string of the molecule is COC(=O)N(CCCC(=O)O)c1ccccc1. The average Bonchev–Trinajstić information content (AvgIpc) is 2.34. The lowest BCUT2D eigenvalue weighted by Crippen LogP contribution is -2.31. The van der Waals surface area contributed by atoms with Gasteiger partial charge in [0.2, 0.25) is 0 Å². The van der Waals surface area contributed by atoms with Gasteiger partial charge in [-0.05, 0) is 18.6 Å². The van der Waals surface area contributed by atoms with Crippen molar-refractivity contribution in [2.75, 3.05) is 18.6 Å². The molecule has 0 saturated carbocycles. The summed E-state index contributed by atoms with van der Waals surface area (Å²) >= 11 is 0. The Balaban J connectivity index is 2.68. The maximum Gasteiger partial charge on any atom is 0.413 e. The van der Waals surface area contributed by atoms with Crippen LogP contribution in [0.3, 0.4) is 0 Å². The molecule has 0 spiro atoms. The average molecular weight is 237 g/mol. The van der Waals surface area contributed by atoms with Gasteiger partial charge in [-0.3, -0.25) is 9.69 Å². The number of hydrogen-bond acceptors (Lipinski definition) is 3. The van der Waals surface area contributed by atoms with Gasteiger partial charge in [0.1, 0.15) is 0 Å². The zero-order chi connectivity index (χ0) is 12.7. The molecular formula is C12H15NO4. The van der Waals surface area contributed by atoms with Crippen LogP contribution < -0.4 is 4.90 Å². The van der Waals surface area contributed by atoms with Crippen molar-refractivity contribution in [2.24, 2.45) is 0 Å². The molecule has 0 fully saturated rings. The first-order valence-electron chi connectivity index (χ1n) is 5.27. The van der Waals surface area contributed by atoms with Gasteiger partial charge in [-0.2, -0.15) is 0 Å². The number of ether oxygens (including phenoxy) is 1. The lowest BCUT2D eigenvalue weighted by atomic mass is 10.2. The summed E-state index contributed by atoms with van der Waals surface area (Å²) in [6.07, 6.45) is -0.0683. The van der Waals surface area contributed by atoms with Crippen LogP contribution in [0.4, 0.5) is 10.5 Å². The van der Waals surface area contributed by atoms with E-state index in [0.29, 0.717) is 18.7 Å². The van der Waals surface area contributed by atoms with E-state index < -0.39 is 12.1 Å². The van der Waals surface area contributed by atoms with E-state index in [4.69, 9.17) is 5.11 Å². The molecule has 0 atom stereocenters. The minimum atomic E-state index is -0.872. The number of rotatable bonds is 5. The summed E-state index contributed by atoms with van der Waals surface area (Å²) in [5.41, 5.74) is 0.699. The van der Waals surface area contributed by atoms with Crippen LogP contribution in [0.25, 0.3) is 0 Å². The van der Waals surface area contributed by atoms with Gasteiger partial charge in [0, 0.05) is 18.7 Å². The Morgan fingerprint density at radius 2 is 1.94 bits per heavy atom. The fraction of sp³-hybridized carbons (Fsp3) is 0.333. The number of carboxylic acid groups (broad SMARTS) is 1. The van der Waals surface area contributed by atoms with Crippen LogP contribution in [0.15, 0.2) is 30.3 Å². The molecule has 1 N–H and O–H groups in total. The van der Waals surface area contributed by atoms with Gasteiger partial charge >= 0.3 is 12.1 Å². The zero-order valence-corrected chi connectivity index (χ0v) is 9.63. The Morgan fingerprint density at radius 1 is 1.29 bits per heavy atom. The molecule has 5 heteroatoms. The van der Waals surface area contributed by atoms with Crippen molar-refractivity contribution in [2.45, 2.75) is 12.8 Å². The Hall–Kier alpha value is -2.04. The third-order valence-corrected chi connectivity index (χ3v) is 2.24. The highest BCUT2D eigenvalue weighted by molar-refractivity contribution is 5.87. The number of benzene rings is 1. The van der Waals surface area contributed by atoms with E-state index >= 15 is 0 Å². The molecule has 0 aliphatic rings. The van der Waals surface area contributed by atoms with Gasteiger partial charge in [-0.25, -0.2) is 4.79 Å². The van der Waals surface area contributed by atoms with Crippen molar-refractivity contribution in [3.63, 3.8) is 0 Å². The third kappa shape index (κ3) is 4.14. The molecule has 1 aromatic rings. The van der Waals surface area contributed by atoms with Crippen LogP contribution in [0, 0.1) is 0 Å². The van der Waals surface area contributed by atoms with Gasteiger partial charge in [0.05, 0.1) is 7.11 Å². The van der Waals surface area contributed by atoms with Crippen LogP contribution in [-0.4, -0.2) is 30.8 Å². The fourth-order valence-corrected chi connectivity index (χ4v) is 1.43. The molecule has 0 heterocycles. The van der Waals surface area contributed by atoms with Crippen LogP contribution in [-0.2, 0) is 9.53 Å². The molecule has 1 amide bonds. The fourth-order valence-electron chi connectivity index (χ4n) is 1.43. The molecule has 1 rings (SSSR count). The standard InChI is InChI=1S/C12H15NO4/c1-17-12(16)13(9-5-8-11(14)15)10-6-3-2-4-7-10/h2-4,6-7H,5,8-9H2,1H3,(H,14,15). The number of methoxy groups -OCH3 is 1. The normalized spacial score (nSPS) is 9.71. The van der Waals surface area contributed by atoms with Gasteiger partial charge in [-0.1, -0.05) is 18.2 Å². The van der Waals surface area contributed by atoms with E-state index in [9.17, 15) is 9.59 Å². The van der Waals surface area contributed by atoms with Crippen molar-refractivity contribution in [1.29, 1.82) is 0 Å². The number of hydrogen-bond donors (Lipinski definition) is 1. The van der Waals surface area contributed by atoms with Crippen molar-refractivity contribution >= 4 is 17.7 Å². The molecule has 0 unspecified atom stereocenters. The first-order chi connectivity index (χ1) is 8.15. The summed E-state index contributed by atoms with van der Waals surface area (Å²) in [4.78, 5) is 23.4. The van der Waals surface area contributed by atoms with Crippen LogP contribution in [0.5, 0.6) is 0 Å². The first kappa shape index (κ1) is 13.0. The monoisotopic (exact) mass is 237 g/mol. The predicted octanol–water partition coefficient (Wildman–Crippen LogP) is 2.12. The zero-order valence-electron chi connectivity index (χ0n) is 9.63. The minimum absolute atomic E-state index is 0.0281. The van der Waals surface area contributed by atoms with Crippen LogP contribution >= 0.6 is 0 Å². The number of para-hydroxylation sites is 1. The topological polar surface area (TPSA) is 66.8 Å². The van der Waals surface area contributed by atoms with Crippen molar-refractivity contribution < 1.29 is 19.4 Å². The second kappa shape index (κ2) is 6.52. The predicted molar refractivity (Wildman–Crippen MR) is 63.1 cm³/mol. The molecule has 0 aromatic heterocycles. The van der Waals surface area contributed by atoms with Gasteiger partial charge in [-0.15, -0.1) is 0 Å². The number of carboxylic acids is 1. The Morgan fingerprint density at radius 3 is 2.47 bits per heavy atom. The highest BCUT2D eigenvalue weighted by atomic mass is 16.5. The summed E-state index contributed by atoms with van der Waals surface area (Å²) in [5, 5.41) is 8.56. The maximum absolute atomic E-state index is 11.5. The van der Waals surface area contributed by atoms with E-state index in [-0.39, 0.29) is 6.42 Å². The largest absolute Gasteiger partial charge is 0.481 e. The molecule has 0 aliphatic carbocycles. The number of carbonyl (C=O) groups excluding carboxylic acids is 1. The van der Waals surface area contributed by atoms with Gasteiger partial charge in [0.25, 0.3) is 0 Å². The smallest absolute Gasteiger partial charge is 0.413 e. The highest BCUT2D eigenvalue weighted by Gasteiger charge is 2.15. The van der Waals surface area contributed by atoms with Crippen molar-refractivity contribution in [3.05, 3.63) is 30.3 Å². The molecule has 0 saturated heterocycles. The van der Waals surface area contributed by atoms with Gasteiger partial charge < -0.3 is 9.84 Å². The summed E-state index contributed by atoms with van der Waals surface area (Å²) in [7, 11) is 1.30. The number of carbonyl (C=O) groups is 2. The second-order valence-electron chi connectivity index (χ2n) is 3.45. The third-order valence-electron chi connectivity index (χ3n) is 2.24. The maximum atomic E-state index is 11.5. The highest BCUT2D eigenvalue weighted by Crippen LogP contribution is 2.15. The summed E-state index contributed by atoms with van der Waals surface area (Å²) < 4.78 is 4.66. The van der Waals surface area contributed by atoms with Crippen LogP contribution in [0.1, 0.15) is 12.8 Å². The quantitative estimate of drug-likeness (QED) is 0.851.